The fourth-order valence-electron chi connectivity index (χ4n) is 2.31. The van der Waals surface area contributed by atoms with Crippen molar-refractivity contribution in [3.05, 3.63) is 71.3 Å². The molecule has 1 N–H and O–H groups in total. The third-order valence-corrected chi connectivity index (χ3v) is 3.79. The molecule has 2 heteroatoms. The Balaban J connectivity index is 1.79. The molecule has 0 aromatic heterocycles. The van der Waals surface area contributed by atoms with Crippen LogP contribution >= 0.6 is 0 Å². The van der Waals surface area contributed by atoms with Crippen molar-refractivity contribution >= 4 is 5.91 Å². The second-order valence-electron chi connectivity index (χ2n) is 6.71. The van der Waals surface area contributed by atoms with Crippen LogP contribution in [-0.2, 0) is 23.2 Å². The number of benzene rings is 2. The van der Waals surface area contributed by atoms with Crippen LogP contribution in [0.5, 0.6) is 0 Å². The van der Waals surface area contributed by atoms with Crippen molar-refractivity contribution in [2.24, 2.45) is 0 Å². The van der Waals surface area contributed by atoms with E-state index in [2.05, 4.69) is 62.5 Å². The van der Waals surface area contributed by atoms with Crippen LogP contribution in [0.4, 0.5) is 0 Å². The smallest absolute Gasteiger partial charge is 0.220 e. The summed E-state index contributed by atoms with van der Waals surface area (Å²) in [5.74, 6) is 0.101. The second kappa shape index (κ2) is 7.26. The van der Waals surface area contributed by atoms with Gasteiger partial charge in [-0.2, -0.15) is 0 Å². The Bertz CT molecular complexity index is 594. The molecule has 2 rings (SSSR count). The van der Waals surface area contributed by atoms with Gasteiger partial charge in [-0.15, -0.1) is 0 Å². The molecule has 2 nitrogen and oxygen atoms in total. The number of carbonyl (C=O) groups excluding carboxylic acids is 1. The summed E-state index contributed by atoms with van der Waals surface area (Å²) in [5.41, 5.74) is 3.82. The van der Waals surface area contributed by atoms with Crippen molar-refractivity contribution in [1.29, 1.82) is 0 Å². The fourth-order valence-corrected chi connectivity index (χ4v) is 2.31. The minimum Gasteiger partial charge on any atom is -0.352 e. The molecule has 0 radical (unpaired) electrons. The first-order valence-corrected chi connectivity index (χ1v) is 7.85. The monoisotopic (exact) mass is 295 g/mol. The van der Waals surface area contributed by atoms with Crippen LogP contribution < -0.4 is 5.32 Å². The summed E-state index contributed by atoms with van der Waals surface area (Å²) in [5, 5.41) is 2.99. The predicted molar refractivity (Wildman–Crippen MR) is 91.8 cm³/mol. The van der Waals surface area contributed by atoms with Gasteiger partial charge in [0.05, 0.1) is 0 Å². The number of hydrogen-bond acceptors (Lipinski definition) is 1. The van der Waals surface area contributed by atoms with Crippen LogP contribution in [0.1, 0.15) is 43.9 Å². The standard InChI is InChI=1S/C20H25NO/c1-20(2,3)18-12-9-17(10-13-18)15-21-19(22)14-11-16-7-5-4-6-8-16/h4-10,12-13H,11,14-15H2,1-3H3,(H,21,22). The van der Waals surface area contributed by atoms with E-state index in [1.54, 1.807) is 0 Å². The van der Waals surface area contributed by atoms with Gasteiger partial charge >= 0.3 is 0 Å². The first-order chi connectivity index (χ1) is 10.4. The van der Waals surface area contributed by atoms with Crippen LogP contribution in [0.15, 0.2) is 54.6 Å². The summed E-state index contributed by atoms with van der Waals surface area (Å²) in [6, 6.07) is 18.6. The van der Waals surface area contributed by atoms with Crippen LogP contribution in [0.25, 0.3) is 0 Å². The molecule has 0 spiro atoms. The average molecular weight is 295 g/mol. The summed E-state index contributed by atoms with van der Waals surface area (Å²) in [6.45, 7) is 7.20. The molecule has 0 unspecified atom stereocenters. The van der Waals surface area contributed by atoms with Crippen molar-refractivity contribution in [2.75, 3.05) is 0 Å². The molecule has 0 aliphatic heterocycles. The Morgan fingerprint density at radius 1 is 0.909 bits per heavy atom. The van der Waals surface area contributed by atoms with Gasteiger partial charge in [-0.3, -0.25) is 4.79 Å². The van der Waals surface area contributed by atoms with Crippen molar-refractivity contribution in [3.8, 4) is 0 Å². The molecular formula is C20H25NO. The molecule has 0 saturated carbocycles. The maximum absolute atomic E-state index is 11.9. The van der Waals surface area contributed by atoms with Crippen LogP contribution in [-0.4, -0.2) is 5.91 Å². The van der Waals surface area contributed by atoms with E-state index in [9.17, 15) is 4.79 Å². The van der Waals surface area contributed by atoms with Gasteiger partial charge in [-0.05, 0) is 28.5 Å². The highest BCUT2D eigenvalue weighted by atomic mass is 16.1. The highest BCUT2D eigenvalue weighted by molar-refractivity contribution is 5.76. The van der Waals surface area contributed by atoms with E-state index in [4.69, 9.17) is 0 Å². The third kappa shape index (κ3) is 5.03. The van der Waals surface area contributed by atoms with Gasteiger partial charge in [0.25, 0.3) is 0 Å². The minimum atomic E-state index is 0.101. The average Bonchev–Trinajstić information content (AvgIpc) is 2.51. The Morgan fingerprint density at radius 2 is 1.55 bits per heavy atom. The molecular weight excluding hydrogens is 270 g/mol. The topological polar surface area (TPSA) is 29.1 Å². The normalized spacial score (nSPS) is 11.2. The third-order valence-electron chi connectivity index (χ3n) is 3.79. The van der Waals surface area contributed by atoms with Crippen LogP contribution in [0, 0.1) is 0 Å². The van der Waals surface area contributed by atoms with Gasteiger partial charge in [-0.25, -0.2) is 0 Å². The minimum absolute atomic E-state index is 0.101. The lowest BCUT2D eigenvalue weighted by Gasteiger charge is -2.19. The lowest BCUT2D eigenvalue weighted by atomic mass is 9.87. The Labute approximate surface area is 133 Å². The summed E-state index contributed by atoms with van der Waals surface area (Å²) < 4.78 is 0. The summed E-state index contributed by atoms with van der Waals surface area (Å²) in [6.07, 6.45) is 1.32. The number of rotatable bonds is 5. The first-order valence-electron chi connectivity index (χ1n) is 7.85. The zero-order chi connectivity index (χ0) is 16.0. The number of nitrogens with one attached hydrogen (secondary N) is 1. The van der Waals surface area contributed by atoms with Crippen molar-refractivity contribution in [3.63, 3.8) is 0 Å². The van der Waals surface area contributed by atoms with Gasteiger partial charge in [0.1, 0.15) is 0 Å². The van der Waals surface area contributed by atoms with E-state index in [-0.39, 0.29) is 11.3 Å². The molecule has 0 heterocycles. The van der Waals surface area contributed by atoms with E-state index >= 15 is 0 Å². The number of amides is 1. The number of aryl methyl sites for hydroxylation is 1. The molecule has 22 heavy (non-hydrogen) atoms. The Kier molecular flexibility index (Phi) is 5.37. The van der Waals surface area contributed by atoms with Crippen molar-refractivity contribution < 1.29 is 4.79 Å². The molecule has 0 aliphatic rings. The Hall–Kier alpha value is -2.09. The Morgan fingerprint density at radius 3 is 2.14 bits per heavy atom. The van der Waals surface area contributed by atoms with E-state index in [0.717, 1.165) is 12.0 Å². The maximum atomic E-state index is 11.9. The summed E-state index contributed by atoms with van der Waals surface area (Å²) in [4.78, 5) is 11.9. The maximum Gasteiger partial charge on any atom is 0.220 e. The van der Waals surface area contributed by atoms with Crippen molar-refractivity contribution in [1.82, 2.24) is 5.32 Å². The summed E-state index contributed by atoms with van der Waals surface area (Å²) in [7, 11) is 0. The zero-order valence-corrected chi connectivity index (χ0v) is 13.7. The number of hydrogen-bond donors (Lipinski definition) is 1. The molecule has 0 saturated heterocycles. The van der Waals surface area contributed by atoms with Gasteiger partial charge in [0.2, 0.25) is 5.91 Å². The van der Waals surface area contributed by atoms with E-state index in [1.807, 2.05) is 18.2 Å². The van der Waals surface area contributed by atoms with Crippen LogP contribution in [0.3, 0.4) is 0 Å². The largest absolute Gasteiger partial charge is 0.352 e. The quantitative estimate of drug-likeness (QED) is 0.878. The second-order valence-corrected chi connectivity index (χ2v) is 6.71. The van der Waals surface area contributed by atoms with Crippen LogP contribution in [0.2, 0.25) is 0 Å². The lowest BCUT2D eigenvalue weighted by Crippen LogP contribution is -2.23. The highest BCUT2D eigenvalue weighted by Gasteiger charge is 2.12. The van der Waals surface area contributed by atoms with Gasteiger partial charge in [0, 0.05) is 13.0 Å². The SMILES string of the molecule is CC(C)(C)c1ccc(CNC(=O)CCc2ccccc2)cc1. The molecule has 2 aromatic rings. The van der Waals surface area contributed by atoms with E-state index in [0.29, 0.717) is 13.0 Å². The molecule has 2 aromatic carbocycles. The number of carbonyl (C=O) groups is 1. The molecule has 0 aliphatic carbocycles. The molecule has 116 valence electrons. The van der Waals surface area contributed by atoms with E-state index in [1.165, 1.54) is 11.1 Å². The first kappa shape index (κ1) is 16.3. The van der Waals surface area contributed by atoms with Crippen molar-refractivity contribution in [2.45, 2.75) is 45.6 Å². The fraction of sp³-hybridized carbons (Fsp3) is 0.350. The molecule has 0 atom stereocenters. The zero-order valence-electron chi connectivity index (χ0n) is 13.7. The molecule has 0 bridgehead atoms. The van der Waals surface area contributed by atoms with Gasteiger partial charge in [0.15, 0.2) is 0 Å². The molecule has 1 amide bonds. The van der Waals surface area contributed by atoms with Gasteiger partial charge in [-0.1, -0.05) is 75.4 Å². The lowest BCUT2D eigenvalue weighted by molar-refractivity contribution is -0.121. The van der Waals surface area contributed by atoms with E-state index < -0.39 is 0 Å². The highest BCUT2D eigenvalue weighted by Crippen LogP contribution is 2.22. The predicted octanol–water partition coefficient (Wildman–Crippen LogP) is 4.23. The summed E-state index contributed by atoms with van der Waals surface area (Å²) >= 11 is 0. The molecule has 0 fully saturated rings. The van der Waals surface area contributed by atoms with Gasteiger partial charge < -0.3 is 5.32 Å².